The van der Waals surface area contributed by atoms with Crippen LogP contribution in [0.3, 0.4) is 0 Å². The number of nitrogen functional groups attached to an aromatic ring is 1. The molecule has 3 aromatic rings. The maximum absolute atomic E-state index is 13.7. The predicted molar refractivity (Wildman–Crippen MR) is 194 cm³/mol. The molecule has 48 heavy (non-hydrogen) atoms. The Balaban J connectivity index is 0.000000336. The third-order valence-electron chi connectivity index (χ3n) is 9.17. The number of ether oxygens (including phenoxy) is 2. The number of halogens is 1. The number of anilines is 2. The van der Waals surface area contributed by atoms with Crippen molar-refractivity contribution in [3.05, 3.63) is 107 Å². The van der Waals surface area contributed by atoms with Crippen molar-refractivity contribution in [3.8, 4) is 0 Å². The second-order valence-corrected chi connectivity index (χ2v) is 13.0. The van der Waals surface area contributed by atoms with Crippen LogP contribution < -0.4 is 10.6 Å². The zero-order chi connectivity index (χ0) is 34.3. The number of nitrogens with two attached hydrogens (primary N) is 1. The van der Waals surface area contributed by atoms with Gasteiger partial charge in [-0.1, -0.05) is 67.3 Å². The number of amides is 1. The third-order valence-corrected chi connectivity index (χ3v) is 9.42. The predicted octanol–water partition coefficient (Wildman–Crippen LogP) is 8.87. The van der Waals surface area contributed by atoms with Crippen LogP contribution in [0.5, 0.6) is 0 Å². The topological polar surface area (TPSA) is 98.9 Å². The van der Waals surface area contributed by atoms with Crippen LogP contribution in [0.1, 0.15) is 80.4 Å². The van der Waals surface area contributed by atoms with E-state index >= 15 is 0 Å². The molecule has 7 nitrogen and oxygen atoms in total. The van der Waals surface area contributed by atoms with Gasteiger partial charge in [0, 0.05) is 41.0 Å². The maximum Gasteiger partial charge on any atom is 0.330 e. The van der Waals surface area contributed by atoms with Gasteiger partial charge in [-0.15, -0.1) is 0 Å². The van der Waals surface area contributed by atoms with Gasteiger partial charge in [-0.05, 0) is 116 Å². The average molecular weight is 671 g/mol. The molecule has 2 aliphatic carbocycles. The fourth-order valence-electron chi connectivity index (χ4n) is 6.49. The minimum absolute atomic E-state index is 0.114. The van der Waals surface area contributed by atoms with Crippen LogP contribution in [-0.4, -0.2) is 38.6 Å². The first-order valence-electron chi connectivity index (χ1n) is 16.8. The number of carbonyl (C=O) groups is 3. The smallest absolute Gasteiger partial charge is 0.330 e. The lowest BCUT2D eigenvalue weighted by Crippen LogP contribution is -2.41. The van der Waals surface area contributed by atoms with Crippen LogP contribution in [-0.2, 0) is 23.9 Å². The van der Waals surface area contributed by atoms with Gasteiger partial charge in [0.1, 0.15) is 0 Å². The molecule has 2 N–H and O–H groups in total. The summed E-state index contributed by atoms with van der Waals surface area (Å²) in [6.45, 7) is 0.757. The molecule has 0 radical (unpaired) electrons. The molecule has 0 aromatic heterocycles. The monoisotopic (exact) mass is 670 g/mol. The highest BCUT2D eigenvalue weighted by atomic mass is 35.5. The molecule has 0 spiro atoms. The van der Waals surface area contributed by atoms with Crippen LogP contribution >= 0.6 is 11.6 Å². The fraction of sp³-hybridized carbons (Fsp3) is 0.375. The van der Waals surface area contributed by atoms with E-state index < -0.39 is 0 Å². The lowest BCUT2D eigenvalue weighted by atomic mass is 9.78. The molecule has 0 bridgehead atoms. The van der Waals surface area contributed by atoms with Crippen molar-refractivity contribution >= 4 is 53.0 Å². The van der Waals surface area contributed by atoms with Crippen molar-refractivity contribution in [1.29, 1.82) is 0 Å². The molecule has 8 heteroatoms. The first-order valence-corrected chi connectivity index (χ1v) is 17.2. The van der Waals surface area contributed by atoms with Gasteiger partial charge in [0.15, 0.2) is 0 Å². The highest BCUT2D eigenvalue weighted by molar-refractivity contribution is 6.30. The number of hydrogen-bond acceptors (Lipinski definition) is 6. The standard InChI is InChI=1S/C30H36ClNO3.C10H11NO2/c1-35-29(33)19-12-22-6-5-9-28(20-22)32(30(34)26-7-3-2-4-8-26)21-23-10-13-24(14-11-23)25-15-17-27(31)18-16-25;1-13-10(12)6-5-8-3-2-4-9(11)7-8/h5-6,9,12,15-20,23-24,26H,2-4,7-8,10-11,13-14,21H2,1H3;2-7H,11H2,1H3/b19-12+;6-5+. The number of nitrogens with zero attached hydrogens (tertiary/aromatic N) is 1. The van der Waals surface area contributed by atoms with Crippen molar-refractivity contribution in [2.45, 2.75) is 63.7 Å². The lowest BCUT2D eigenvalue weighted by Gasteiger charge is -2.35. The number of rotatable bonds is 9. The van der Waals surface area contributed by atoms with Gasteiger partial charge in [-0.2, -0.15) is 0 Å². The van der Waals surface area contributed by atoms with Gasteiger partial charge in [0.2, 0.25) is 5.91 Å². The molecule has 0 saturated heterocycles. The molecule has 2 saturated carbocycles. The Kier molecular flexibility index (Phi) is 14.3. The molecule has 2 fully saturated rings. The molecule has 0 aliphatic heterocycles. The van der Waals surface area contributed by atoms with Gasteiger partial charge in [0.05, 0.1) is 14.2 Å². The third kappa shape index (κ3) is 11.4. The summed E-state index contributed by atoms with van der Waals surface area (Å²) < 4.78 is 9.16. The van der Waals surface area contributed by atoms with Gasteiger partial charge in [-0.3, -0.25) is 4.79 Å². The Bertz CT molecular complexity index is 1550. The zero-order valence-corrected chi connectivity index (χ0v) is 28.7. The molecule has 3 aromatic carbocycles. The summed E-state index contributed by atoms with van der Waals surface area (Å²) >= 11 is 6.07. The first-order chi connectivity index (χ1) is 23.2. The van der Waals surface area contributed by atoms with Crippen molar-refractivity contribution in [1.82, 2.24) is 0 Å². The highest BCUT2D eigenvalue weighted by Gasteiger charge is 2.30. The van der Waals surface area contributed by atoms with E-state index in [1.807, 2.05) is 53.4 Å². The number of hydrogen-bond donors (Lipinski definition) is 1. The van der Waals surface area contributed by atoms with E-state index in [9.17, 15) is 14.4 Å². The van der Waals surface area contributed by atoms with Crippen LogP contribution in [0.2, 0.25) is 5.02 Å². The number of benzene rings is 3. The molecule has 0 unspecified atom stereocenters. The Hall–Kier alpha value is -4.36. The first kappa shape index (κ1) is 36.5. The maximum atomic E-state index is 13.7. The quantitative estimate of drug-likeness (QED) is 0.139. The van der Waals surface area contributed by atoms with E-state index in [0.717, 1.165) is 79.7 Å². The summed E-state index contributed by atoms with van der Waals surface area (Å²) in [7, 11) is 2.71. The van der Waals surface area contributed by atoms with Gasteiger partial charge in [0.25, 0.3) is 0 Å². The van der Waals surface area contributed by atoms with E-state index in [-0.39, 0.29) is 23.8 Å². The Morgan fingerprint density at radius 2 is 1.35 bits per heavy atom. The molecule has 254 valence electrons. The lowest BCUT2D eigenvalue weighted by molar-refractivity contribution is -0.135. The normalized spacial score (nSPS) is 18.1. The number of carbonyl (C=O) groups excluding carboxylic acids is 3. The molecule has 0 atom stereocenters. The fourth-order valence-corrected chi connectivity index (χ4v) is 6.61. The van der Waals surface area contributed by atoms with E-state index in [0.29, 0.717) is 17.5 Å². The summed E-state index contributed by atoms with van der Waals surface area (Å²) in [5.74, 6) is 0.672. The summed E-state index contributed by atoms with van der Waals surface area (Å²) in [5.41, 5.74) is 10.3. The summed E-state index contributed by atoms with van der Waals surface area (Å²) in [4.78, 5) is 38.1. The van der Waals surface area contributed by atoms with Crippen molar-refractivity contribution in [2.75, 3.05) is 31.4 Å². The second kappa shape index (κ2) is 18.8. The molecular weight excluding hydrogens is 624 g/mol. The SMILES string of the molecule is COC(=O)/C=C/c1cccc(N(CC2CCC(c3ccc(Cl)cc3)CC2)C(=O)C2CCCCC2)c1.COC(=O)/C=C/c1cccc(N)c1. The summed E-state index contributed by atoms with van der Waals surface area (Å²) in [6.07, 6.45) is 16.2. The zero-order valence-electron chi connectivity index (χ0n) is 28.0. The van der Waals surface area contributed by atoms with Crippen LogP contribution in [0.25, 0.3) is 12.2 Å². The number of esters is 2. The molecule has 2 aliphatic rings. The van der Waals surface area contributed by atoms with Crippen LogP contribution in [0.15, 0.2) is 84.9 Å². The van der Waals surface area contributed by atoms with Crippen LogP contribution in [0.4, 0.5) is 11.4 Å². The molecule has 0 heterocycles. The summed E-state index contributed by atoms with van der Waals surface area (Å²) in [6, 6.07) is 23.5. The van der Waals surface area contributed by atoms with Crippen molar-refractivity contribution < 1.29 is 23.9 Å². The Morgan fingerprint density at radius 1 is 0.771 bits per heavy atom. The van der Waals surface area contributed by atoms with Crippen LogP contribution in [0, 0.1) is 11.8 Å². The summed E-state index contributed by atoms with van der Waals surface area (Å²) in [5, 5.41) is 0.781. The van der Waals surface area contributed by atoms with Crippen molar-refractivity contribution in [2.24, 2.45) is 11.8 Å². The van der Waals surface area contributed by atoms with E-state index in [2.05, 4.69) is 16.9 Å². The molecular formula is C40H47ClN2O5. The van der Waals surface area contributed by atoms with Gasteiger partial charge >= 0.3 is 11.9 Å². The van der Waals surface area contributed by atoms with E-state index in [4.69, 9.17) is 22.1 Å². The minimum Gasteiger partial charge on any atom is -0.466 e. The van der Waals surface area contributed by atoms with E-state index in [1.165, 1.54) is 38.4 Å². The molecule has 5 rings (SSSR count). The van der Waals surface area contributed by atoms with Crippen molar-refractivity contribution in [3.63, 3.8) is 0 Å². The van der Waals surface area contributed by atoms with Gasteiger partial charge in [-0.25, -0.2) is 9.59 Å². The molecule has 1 amide bonds. The second-order valence-electron chi connectivity index (χ2n) is 12.5. The largest absolute Gasteiger partial charge is 0.466 e. The van der Waals surface area contributed by atoms with E-state index in [1.54, 1.807) is 24.3 Å². The Labute approximate surface area is 289 Å². The number of methoxy groups -OCH3 is 2. The average Bonchev–Trinajstić information content (AvgIpc) is 3.13. The highest BCUT2D eigenvalue weighted by Crippen LogP contribution is 2.38. The Morgan fingerprint density at radius 3 is 1.94 bits per heavy atom. The minimum atomic E-state index is -0.386. The van der Waals surface area contributed by atoms with Gasteiger partial charge < -0.3 is 20.1 Å².